The highest BCUT2D eigenvalue weighted by Gasteiger charge is 2.16. The lowest BCUT2D eigenvalue weighted by atomic mass is 9.84. The van der Waals surface area contributed by atoms with E-state index in [-0.39, 0.29) is 6.08 Å². The van der Waals surface area contributed by atoms with Crippen molar-refractivity contribution in [3.63, 3.8) is 0 Å². The first-order valence-corrected chi connectivity index (χ1v) is 7.02. The van der Waals surface area contributed by atoms with Gasteiger partial charge in [0.05, 0.1) is 12.8 Å². The maximum atomic E-state index is 11.6. The van der Waals surface area contributed by atoms with Crippen molar-refractivity contribution >= 4 is 0 Å². The Hall–Kier alpha value is -2.04. The van der Waals surface area contributed by atoms with Gasteiger partial charge < -0.3 is 9.15 Å². The summed E-state index contributed by atoms with van der Waals surface area (Å²) < 4.78 is 10.9. The van der Waals surface area contributed by atoms with Gasteiger partial charge in [-0.2, -0.15) is 4.68 Å². The standard InChI is InChI=1S/C15H18N2O3/c1-19-14-16-17(15(18)20-14)13-9-7-12(8-10-13)11-5-3-2-4-6-11/h7-11H,2-6H2,1H3. The fourth-order valence-electron chi connectivity index (χ4n) is 2.83. The summed E-state index contributed by atoms with van der Waals surface area (Å²) in [5, 5.41) is 3.96. The van der Waals surface area contributed by atoms with Crippen molar-refractivity contribution in [3.05, 3.63) is 40.4 Å². The molecule has 0 aliphatic heterocycles. The average molecular weight is 274 g/mol. The average Bonchev–Trinajstić information content (AvgIpc) is 2.89. The van der Waals surface area contributed by atoms with Crippen LogP contribution in [0.1, 0.15) is 43.6 Å². The normalized spacial score (nSPS) is 16.2. The van der Waals surface area contributed by atoms with Crippen molar-refractivity contribution in [1.82, 2.24) is 9.78 Å². The molecule has 1 aromatic carbocycles. The van der Waals surface area contributed by atoms with Gasteiger partial charge in [0.1, 0.15) is 0 Å². The zero-order valence-corrected chi connectivity index (χ0v) is 11.5. The van der Waals surface area contributed by atoms with Gasteiger partial charge in [0.15, 0.2) is 0 Å². The minimum atomic E-state index is -0.535. The van der Waals surface area contributed by atoms with E-state index < -0.39 is 5.76 Å². The summed E-state index contributed by atoms with van der Waals surface area (Å²) in [7, 11) is 1.42. The number of rotatable bonds is 3. The predicted molar refractivity (Wildman–Crippen MR) is 74.5 cm³/mol. The van der Waals surface area contributed by atoms with E-state index >= 15 is 0 Å². The highest BCUT2D eigenvalue weighted by Crippen LogP contribution is 2.32. The Morgan fingerprint density at radius 1 is 1.20 bits per heavy atom. The Morgan fingerprint density at radius 2 is 1.90 bits per heavy atom. The topological polar surface area (TPSA) is 57.3 Å². The zero-order chi connectivity index (χ0) is 13.9. The molecule has 1 aliphatic rings. The van der Waals surface area contributed by atoms with Gasteiger partial charge in [0, 0.05) is 0 Å². The molecular weight excluding hydrogens is 256 g/mol. The van der Waals surface area contributed by atoms with Gasteiger partial charge in [-0.3, -0.25) is 0 Å². The van der Waals surface area contributed by atoms with Crippen LogP contribution in [-0.2, 0) is 0 Å². The first kappa shape index (κ1) is 13.0. The van der Waals surface area contributed by atoms with Crippen LogP contribution < -0.4 is 10.5 Å². The van der Waals surface area contributed by atoms with Gasteiger partial charge >= 0.3 is 11.8 Å². The molecule has 1 heterocycles. The van der Waals surface area contributed by atoms with Crippen molar-refractivity contribution in [2.75, 3.05) is 7.11 Å². The minimum absolute atomic E-state index is 0.0219. The van der Waals surface area contributed by atoms with E-state index in [9.17, 15) is 4.79 Å². The smallest absolute Gasteiger partial charge is 0.444 e. The van der Waals surface area contributed by atoms with Crippen molar-refractivity contribution in [3.8, 4) is 11.8 Å². The Bertz CT molecular complexity index is 621. The van der Waals surface area contributed by atoms with Crippen molar-refractivity contribution < 1.29 is 9.15 Å². The van der Waals surface area contributed by atoms with E-state index in [1.165, 1.54) is 49.5 Å². The third-order valence-electron chi connectivity index (χ3n) is 3.92. The Labute approximate surface area is 117 Å². The lowest BCUT2D eigenvalue weighted by molar-refractivity contribution is 0.282. The number of hydrogen-bond acceptors (Lipinski definition) is 4. The third-order valence-corrected chi connectivity index (χ3v) is 3.92. The second kappa shape index (κ2) is 5.53. The van der Waals surface area contributed by atoms with Gasteiger partial charge in [0.25, 0.3) is 0 Å². The molecule has 0 saturated heterocycles. The maximum Gasteiger partial charge on any atom is 0.444 e. The molecule has 20 heavy (non-hydrogen) atoms. The van der Waals surface area contributed by atoms with Crippen molar-refractivity contribution in [2.45, 2.75) is 38.0 Å². The van der Waals surface area contributed by atoms with E-state index in [0.29, 0.717) is 11.6 Å². The number of methoxy groups -OCH3 is 1. The Morgan fingerprint density at radius 3 is 2.50 bits per heavy atom. The molecule has 1 aliphatic carbocycles. The van der Waals surface area contributed by atoms with E-state index in [2.05, 4.69) is 17.2 Å². The number of benzene rings is 1. The van der Waals surface area contributed by atoms with E-state index in [4.69, 9.17) is 9.15 Å². The molecule has 0 spiro atoms. The van der Waals surface area contributed by atoms with Gasteiger partial charge in [-0.15, -0.1) is 0 Å². The Kier molecular flexibility index (Phi) is 3.58. The van der Waals surface area contributed by atoms with E-state index in [1.807, 2.05) is 12.1 Å². The number of aromatic nitrogens is 2. The molecule has 0 atom stereocenters. The van der Waals surface area contributed by atoms with Crippen LogP contribution in [0, 0.1) is 0 Å². The second-order valence-corrected chi connectivity index (χ2v) is 5.18. The maximum absolute atomic E-state index is 11.6. The van der Waals surface area contributed by atoms with Gasteiger partial charge in [0.2, 0.25) is 0 Å². The largest absolute Gasteiger partial charge is 0.452 e. The van der Waals surface area contributed by atoms with Crippen LogP contribution in [0.2, 0.25) is 0 Å². The predicted octanol–water partition coefficient (Wildman–Crippen LogP) is 2.88. The summed E-state index contributed by atoms with van der Waals surface area (Å²) in [6, 6.07) is 7.98. The number of hydrogen-bond donors (Lipinski definition) is 0. The summed E-state index contributed by atoms with van der Waals surface area (Å²) in [4.78, 5) is 11.6. The highest BCUT2D eigenvalue weighted by atomic mass is 16.6. The molecule has 0 unspecified atom stereocenters. The minimum Gasteiger partial charge on any atom is -0.452 e. The van der Waals surface area contributed by atoms with Crippen molar-refractivity contribution in [2.24, 2.45) is 0 Å². The molecule has 0 bridgehead atoms. The fourth-order valence-corrected chi connectivity index (χ4v) is 2.83. The lowest BCUT2D eigenvalue weighted by Gasteiger charge is -2.21. The summed E-state index contributed by atoms with van der Waals surface area (Å²) >= 11 is 0. The van der Waals surface area contributed by atoms with Crippen LogP contribution in [0.4, 0.5) is 0 Å². The van der Waals surface area contributed by atoms with Crippen LogP contribution in [-0.4, -0.2) is 16.9 Å². The SMILES string of the molecule is COc1nn(-c2ccc(C3CCCCC3)cc2)c(=O)o1. The van der Waals surface area contributed by atoms with Crippen molar-refractivity contribution in [1.29, 1.82) is 0 Å². The molecule has 106 valence electrons. The van der Waals surface area contributed by atoms with Crippen LogP contribution in [0.15, 0.2) is 33.5 Å². The van der Waals surface area contributed by atoms with Crippen LogP contribution in [0.3, 0.4) is 0 Å². The number of nitrogens with zero attached hydrogens (tertiary/aromatic N) is 2. The molecule has 1 aromatic heterocycles. The molecule has 2 aromatic rings. The highest BCUT2D eigenvalue weighted by molar-refractivity contribution is 5.35. The second-order valence-electron chi connectivity index (χ2n) is 5.18. The van der Waals surface area contributed by atoms with Gasteiger partial charge in [-0.25, -0.2) is 4.79 Å². The lowest BCUT2D eigenvalue weighted by Crippen LogP contribution is -2.13. The first-order chi connectivity index (χ1) is 9.78. The molecule has 0 radical (unpaired) electrons. The summed E-state index contributed by atoms with van der Waals surface area (Å²) in [5.74, 6) is 0.119. The summed E-state index contributed by atoms with van der Waals surface area (Å²) in [6.07, 6.45) is 6.47. The van der Waals surface area contributed by atoms with Crippen LogP contribution >= 0.6 is 0 Å². The molecule has 5 heteroatoms. The molecule has 3 rings (SSSR count). The summed E-state index contributed by atoms with van der Waals surface area (Å²) in [6.45, 7) is 0. The molecule has 1 saturated carbocycles. The van der Waals surface area contributed by atoms with Gasteiger partial charge in [-0.1, -0.05) is 36.5 Å². The molecular formula is C15H18N2O3. The van der Waals surface area contributed by atoms with E-state index in [1.54, 1.807) is 0 Å². The first-order valence-electron chi connectivity index (χ1n) is 7.02. The van der Waals surface area contributed by atoms with Crippen LogP contribution in [0.5, 0.6) is 6.08 Å². The van der Waals surface area contributed by atoms with Gasteiger partial charge in [-0.05, 0) is 36.5 Å². The quantitative estimate of drug-likeness (QED) is 0.863. The molecule has 1 fully saturated rings. The summed E-state index contributed by atoms with van der Waals surface area (Å²) in [5.41, 5.74) is 2.04. The third kappa shape index (κ3) is 2.48. The molecule has 5 nitrogen and oxygen atoms in total. The van der Waals surface area contributed by atoms with E-state index in [0.717, 1.165) is 0 Å². The fraction of sp³-hybridized carbons (Fsp3) is 0.467. The monoisotopic (exact) mass is 274 g/mol. The van der Waals surface area contributed by atoms with Crippen LogP contribution in [0.25, 0.3) is 5.69 Å². The Balaban J connectivity index is 1.85. The number of ether oxygens (including phenoxy) is 1. The molecule has 0 N–H and O–H groups in total. The molecule has 0 amide bonds. The zero-order valence-electron chi connectivity index (χ0n) is 11.5.